The van der Waals surface area contributed by atoms with E-state index in [1.54, 1.807) is 0 Å². The highest BCUT2D eigenvalue weighted by Crippen LogP contribution is 2.28. The fraction of sp³-hybridized carbons (Fsp3) is 0.0625. The molecule has 2 aromatic rings. The maximum absolute atomic E-state index is 13.2. The van der Waals surface area contributed by atoms with E-state index in [2.05, 4.69) is 20.3 Å². The van der Waals surface area contributed by atoms with Crippen molar-refractivity contribution >= 4 is 39.2 Å². The average Bonchev–Trinajstić information content (AvgIpc) is 2.58. The van der Waals surface area contributed by atoms with Crippen LogP contribution in [0.1, 0.15) is 17.3 Å². The molecule has 0 spiro atoms. The quantitative estimate of drug-likeness (QED) is 0.652. The van der Waals surface area contributed by atoms with E-state index in [-0.39, 0.29) is 27.8 Å². The standard InChI is InChI=1S/C16H11F3N4O4S/c1-7(24)20-16-22-12-3-2-8(4-13(12)28(26,27)23-16)15(25)21-9-5-10(17)14(19)11(18)6-9/h2-6H,1H3,(H,21,25)(H2,20,22,23,24). The van der Waals surface area contributed by atoms with Gasteiger partial charge in [-0.2, -0.15) is 8.42 Å². The van der Waals surface area contributed by atoms with Crippen molar-refractivity contribution in [3.63, 3.8) is 0 Å². The first-order valence-electron chi connectivity index (χ1n) is 7.56. The zero-order valence-corrected chi connectivity index (χ0v) is 14.8. The average molecular weight is 412 g/mol. The molecule has 8 nitrogen and oxygen atoms in total. The number of rotatable bonds is 2. The number of amides is 2. The first kappa shape index (κ1) is 19.4. The molecule has 2 aromatic carbocycles. The van der Waals surface area contributed by atoms with Crippen molar-refractivity contribution in [1.82, 2.24) is 5.32 Å². The number of guanidine groups is 1. The van der Waals surface area contributed by atoms with Crippen LogP contribution in [0.3, 0.4) is 0 Å². The van der Waals surface area contributed by atoms with Crippen LogP contribution in [0.5, 0.6) is 0 Å². The Morgan fingerprint density at radius 3 is 2.29 bits per heavy atom. The highest BCUT2D eigenvalue weighted by atomic mass is 32.2. The van der Waals surface area contributed by atoms with Crippen LogP contribution in [0.4, 0.5) is 24.5 Å². The maximum Gasteiger partial charge on any atom is 0.287 e. The van der Waals surface area contributed by atoms with Gasteiger partial charge in [-0.3, -0.25) is 14.9 Å². The highest BCUT2D eigenvalue weighted by molar-refractivity contribution is 7.90. The molecule has 0 bridgehead atoms. The zero-order valence-electron chi connectivity index (χ0n) is 14.0. The molecule has 0 atom stereocenters. The van der Waals surface area contributed by atoms with E-state index < -0.39 is 39.3 Å². The van der Waals surface area contributed by atoms with Gasteiger partial charge >= 0.3 is 0 Å². The molecule has 12 heteroatoms. The summed E-state index contributed by atoms with van der Waals surface area (Å²) in [5, 5.41) is 6.93. The lowest BCUT2D eigenvalue weighted by atomic mass is 10.2. The molecule has 0 aliphatic carbocycles. The van der Waals surface area contributed by atoms with E-state index in [1.165, 1.54) is 19.1 Å². The summed E-state index contributed by atoms with van der Waals surface area (Å²) in [4.78, 5) is 23.0. The first-order valence-corrected chi connectivity index (χ1v) is 9.00. The van der Waals surface area contributed by atoms with E-state index in [4.69, 9.17) is 0 Å². The molecule has 0 radical (unpaired) electrons. The van der Waals surface area contributed by atoms with Crippen molar-refractivity contribution in [3.05, 3.63) is 53.3 Å². The molecule has 0 saturated heterocycles. The van der Waals surface area contributed by atoms with Gasteiger partial charge in [-0.05, 0) is 18.2 Å². The maximum atomic E-state index is 13.2. The van der Waals surface area contributed by atoms with Gasteiger partial charge in [0.1, 0.15) is 4.90 Å². The van der Waals surface area contributed by atoms with Crippen LogP contribution < -0.4 is 16.0 Å². The molecule has 1 heterocycles. The van der Waals surface area contributed by atoms with Crippen LogP contribution in [-0.2, 0) is 14.8 Å². The lowest BCUT2D eigenvalue weighted by Gasteiger charge is -2.18. The number of anilines is 2. The third-order valence-corrected chi connectivity index (χ3v) is 4.84. The van der Waals surface area contributed by atoms with Crippen LogP contribution >= 0.6 is 0 Å². The minimum atomic E-state index is -4.22. The Labute approximate surface area is 156 Å². The summed E-state index contributed by atoms with van der Waals surface area (Å²) < 4.78 is 67.4. The molecule has 3 rings (SSSR count). The first-order chi connectivity index (χ1) is 13.1. The summed E-state index contributed by atoms with van der Waals surface area (Å²) in [6.45, 7) is 1.17. The molecule has 0 saturated carbocycles. The summed E-state index contributed by atoms with van der Waals surface area (Å²) >= 11 is 0. The van der Waals surface area contributed by atoms with Gasteiger partial charge in [-0.25, -0.2) is 13.2 Å². The summed E-state index contributed by atoms with van der Waals surface area (Å²) in [7, 11) is -4.22. The van der Waals surface area contributed by atoms with Gasteiger partial charge in [0, 0.05) is 30.3 Å². The Kier molecular flexibility index (Phi) is 4.81. The van der Waals surface area contributed by atoms with Crippen molar-refractivity contribution in [3.8, 4) is 0 Å². The third-order valence-electron chi connectivity index (χ3n) is 3.52. The van der Waals surface area contributed by atoms with Crippen LogP contribution in [0.2, 0.25) is 0 Å². The molecule has 146 valence electrons. The largest absolute Gasteiger partial charge is 0.324 e. The molecule has 1 aliphatic heterocycles. The topological polar surface area (TPSA) is 117 Å². The zero-order chi connectivity index (χ0) is 20.6. The molecule has 0 unspecified atom stereocenters. The van der Waals surface area contributed by atoms with Crippen molar-refractivity contribution in [2.75, 3.05) is 10.6 Å². The second-order valence-electron chi connectivity index (χ2n) is 5.64. The Bertz CT molecular complexity index is 1130. The van der Waals surface area contributed by atoms with E-state index >= 15 is 0 Å². The minimum absolute atomic E-state index is 0.0640. The van der Waals surface area contributed by atoms with Crippen molar-refractivity contribution < 1.29 is 31.2 Å². The number of nitrogens with zero attached hydrogens (tertiary/aromatic N) is 1. The summed E-state index contributed by atoms with van der Waals surface area (Å²) in [6, 6.07) is 4.65. The molecular weight excluding hydrogens is 401 g/mol. The van der Waals surface area contributed by atoms with Gasteiger partial charge < -0.3 is 10.6 Å². The van der Waals surface area contributed by atoms with Crippen LogP contribution in [-0.4, -0.2) is 26.2 Å². The van der Waals surface area contributed by atoms with Gasteiger partial charge in [0.05, 0.1) is 5.69 Å². The molecule has 1 aliphatic rings. The number of fused-ring (bicyclic) bond motifs is 1. The number of benzene rings is 2. The third kappa shape index (κ3) is 3.81. The van der Waals surface area contributed by atoms with Crippen molar-refractivity contribution in [1.29, 1.82) is 0 Å². The second kappa shape index (κ2) is 6.96. The molecular formula is C16H11F3N4O4S. The smallest absolute Gasteiger partial charge is 0.287 e. The monoisotopic (exact) mass is 412 g/mol. The second-order valence-corrected chi connectivity index (χ2v) is 7.21. The fourth-order valence-electron chi connectivity index (χ4n) is 2.35. The number of sulfonamides is 1. The highest BCUT2D eigenvalue weighted by Gasteiger charge is 2.27. The number of nitrogens with one attached hydrogen (secondary N) is 3. The van der Waals surface area contributed by atoms with Crippen molar-refractivity contribution in [2.24, 2.45) is 4.40 Å². The number of carbonyl (C=O) groups excluding carboxylic acids is 2. The van der Waals surface area contributed by atoms with Gasteiger partial charge in [0.15, 0.2) is 17.5 Å². The van der Waals surface area contributed by atoms with E-state index in [9.17, 15) is 31.2 Å². The van der Waals surface area contributed by atoms with E-state index in [0.717, 1.165) is 6.07 Å². The lowest BCUT2D eigenvalue weighted by molar-refractivity contribution is -0.117. The molecule has 2 amide bonds. The SMILES string of the molecule is CC(=O)NC1=NS(=O)(=O)c2cc(C(=O)Nc3cc(F)c(F)c(F)c3)ccc2N1. The van der Waals surface area contributed by atoms with Gasteiger partial charge in [-0.1, -0.05) is 0 Å². The molecule has 28 heavy (non-hydrogen) atoms. The number of hydrogen-bond acceptors (Lipinski definition) is 5. The molecule has 3 N–H and O–H groups in total. The summed E-state index contributed by atoms with van der Waals surface area (Å²) in [5.41, 5.74) is -0.451. The Balaban J connectivity index is 1.90. The summed E-state index contributed by atoms with van der Waals surface area (Å²) in [5.74, 6) is -6.40. The van der Waals surface area contributed by atoms with E-state index in [1.807, 2.05) is 0 Å². The predicted octanol–water partition coefficient (Wildman–Crippen LogP) is 1.96. The van der Waals surface area contributed by atoms with Crippen LogP contribution in [0.25, 0.3) is 0 Å². The fourth-order valence-corrected chi connectivity index (χ4v) is 3.45. The van der Waals surface area contributed by atoms with Gasteiger partial charge in [0.2, 0.25) is 11.9 Å². The van der Waals surface area contributed by atoms with Gasteiger partial charge in [0.25, 0.3) is 15.9 Å². The Morgan fingerprint density at radius 2 is 1.68 bits per heavy atom. The van der Waals surface area contributed by atoms with Crippen LogP contribution in [0.15, 0.2) is 39.6 Å². The minimum Gasteiger partial charge on any atom is -0.324 e. The lowest BCUT2D eigenvalue weighted by Crippen LogP contribution is -2.37. The molecule has 0 fully saturated rings. The number of halogens is 3. The summed E-state index contributed by atoms with van der Waals surface area (Å²) in [6.07, 6.45) is 0. The Hall–Kier alpha value is -3.41. The predicted molar refractivity (Wildman–Crippen MR) is 92.8 cm³/mol. The van der Waals surface area contributed by atoms with E-state index in [0.29, 0.717) is 12.1 Å². The number of hydrogen-bond donors (Lipinski definition) is 3. The van der Waals surface area contributed by atoms with Crippen LogP contribution in [0, 0.1) is 17.5 Å². The van der Waals surface area contributed by atoms with Gasteiger partial charge in [-0.15, -0.1) is 4.40 Å². The Morgan fingerprint density at radius 1 is 1.04 bits per heavy atom. The number of carbonyl (C=O) groups is 2. The van der Waals surface area contributed by atoms with Crippen molar-refractivity contribution in [2.45, 2.75) is 11.8 Å². The normalized spacial score (nSPS) is 14.4. The molecule has 0 aromatic heterocycles.